The topological polar surface area (TPSA) is 3.24 Å². The van der Waals surface area contributed by atoms with Gasteiger partial charge in [0.2, 0.25) is 0 Å². The second-order valence-corrected chi connectivity index (χ2v) is 18.9. The molecule has 1 nitrogen and oxygen atoms in total. The molecule has 0 bridgehead atoms. The number of nitrogens with zero attached hydrogens (tertiary/aromatic N) is 1. The van der Waals surface area contributed by atoms with Gasteiger partial charge in [0.1, 0.15) is 0 Å². The first-order chi connectivity index (χ1) is 21.2. The van der Waals surface area contributed by atoms with Crippen molar-refractivity contribution in [1.82, 2.24) is 0 Å². The maximum absolute atomic E-state index is 2.43. The summed E-state index contributed by atoms with van der Waals surface area (Å²) in [7, 11) is -1.40. The van der Waals surface area contributed by atoms with Gasteiger partial charge in [-0.2, -0.15) is 0 Å². The van der Waals surface area contributed by atoms with Gasteiger partial charge < -0.3 is 4.90 Å². The van der Waals surface area contributed by atoms with Crippen molar-refractivity contribution >= 4 is 62.6 Å². The summed E-state index contributed by atoms with van der Waals surface area (Å²) in [5.41, 5.74) is 9.04. The van der Waals surface area contributed by atoms with Gasteiger partial charge in [-0.25, -0.2) is 0 Å². The Morgan fingerprint density at radius 1 is 0.477 bits per heavy atom. The summed E-state index contributed by atoms with van der Waals surface area (Å²) in [5.74, 6) is 0. The summed E-state index contributed by atoms with van der Waals surface area (Å²) >= 11 is 0. The Morgan fingerprint density at radius 3 is 1.82 bits per heavy atom. The molecule has 0 saturated carbocycles. The van der Waals surface area contributed by atoms with Crippen LogP contribution in [0.5, 0.6) is 0 Å². The highest BCUT2D eigenvalue weighted by Crippen LogP contribution is 2.56. The largest absolute Gasteiger partial charge is 0.310 e. The smallest absolute Gasteiger partial charge is 0.0775 e. The van der Waals surface area contributed by atoms with Gasteiger partial charge >= 0.3 is 0 Å². The summed E-state index contributed by atoms with van der Waals surface area (Å²) in [5, 5.41) is 9.43. The molecule has 44 heavy (non-hydrogen) atoms. The van der Waals surface area contributed by atoms with Gasteiger partial charge in [-0.3, -0.25) is 0 Å². The predicted octanol–water partition coefficient (Wildman–Crippen LogP) is 11.5. The van der Waals surface area contributed by atoms with Crippen LogP contribution in [-0.2, 0) is 5.41 Å². The van der Waals surface area contributed by atoms with Crippen LogP contribution in [-0.4, -0.2) is 8.07 Å². The lowest BCUT2D eigenvalue weighted by Crippen LogP contribution is -2.37. The van der Waals surface area contributed by atoms with E-state index in [1.807, 2.05) is 0 Å². The highest BCUT2D eigenvalue weighted by atomic mass is 28.3. The van der Waals surface area contributed by atoms with Crippen molar-refractivity contribution in [1.29, 1.82) is 0 Å². The maximum Gasteiger partial charge on any atom is 0.0775 e. The van der Waals surface area contributed by atoms with Gasteiger partial charge in [-0.15, -0.1) is 0 Å². The zero-order valence-electron chi connectivity index (χ0n) is 26.1. The summed E-state index contributed by atoms with van der Waals surface area (Å²) in [6.07, 6.45) is 0. The lowest BCUT2D eigenvalue weighted by molar-refractivity contribution is 0.672. The second kappa shape index (κ2) is 9.67. The molecule has 0 atom stereocenters. The molecule has 0 heterocycles. The first-order valence-electron chi connectivity index (χ1n) is 15.7. The average Bonchev–Trinajstić information content (AvgIpc) is 3.29. The standard InChI is InChI=1S/C42H37NSi/c1-42(2)40-33-16-10-9-13-28(33)19-25-37(40)39-35-18-12-11-17-34(35)38-27-31(22-26-36(38)41(39)42)43(29-14-7-6-8-15-29)30-20-23-32(24-21-30)44(3,4)5/h6-27H,1-5H3. The Labute approximate surface area is 261 Å². The fourth-order valence-electron chi connectivity index (χ4n) is 7.66. The Kier molecular flexibility index (Phi) is 5.92. The molecule has 0 amide bonds. The number of anilines is 3. The van der Waals surface area contributed by atoms with Crippen molar-refractivity contribution in [3.8, 4) is 11.1 Å². The van der Waals surface area contributed by atoms with E-state index in [0.29, 0.717) is 0 Å². The number of fused-ring (bicyclic) bond motifs is 10. The van der Waals surface area contributed by atoms with Crippen molar-refractivity contribution in [2.75, 3.05) is 4.90 Å². The third-order valence-corrected chi connectivity index (χ3v) is 11.8. The van der Waals surface area contributed by atoms with E-state index < -0.39 is 8.07 Å². The molecule has 0 N–H and O–H groups in total. The Morgan fingerprint density at radius 2 is 1.09 bits per heavy atom. The van der Waals surface area contributed by atoms with E-state index >= 15 is 0 Å². The lowest BCUT2D eigenvalue weighted by atomic mass is 9.78. The fraction of sp³-hybridized carbons (Fsp3) is 0.143. The van der Waals surface area contributed by atoms with Crippen LogP contribution in [0.3, 0.4) is 0 Å². The monoisotopic (exact) mass is 583 g/mol. The maximum atomic E-state index is 2.43. The molecule has 0 aliphatic heterocycles. The van der Waals surface area contributed by atoms with Gasteiger partial charge in [-0.05, 0) is 91.0 Å². The second-order valence-electron chi connectivity index (χ2n) is 13.8. The highest BCUT2D eigenvalue weighted by molar-refractivity contribution is 6.88. The minimum Gasteiger partial charge on any atom is -0.310 e. The SMILES string of the molecule is CC1(C)c2c(ccc3ccccc23)-c2c1c1ccc(N(c3ccccc3)c3ccc([Si](C)(C)C)cc3)cc1c1ccccc21. The van der Waals surface area contributed by atoms with Crippen molar-refractivity contribution in [3.63, 3.8) is 0 Å². The van der Waals surface area contributed by atoms with Crippen molar-refractivity contribution in [2.45, 2.75) is 38.9 Å². The molecule has 1 aliphatic rings. The van der Waals surface area contributed by atoms with E-state index in [4.69, 9.17) is 0 Å². The van der Waals surface area contributed by atoms with Gasteiger partial charge in [0.25, 0.3) is 0 Å². The number of rotatable bonds is 4. The van der Waals surface area contributed by atoms with Gasteiger partial charge in [0.15, 0.2) is 0 Å². The first kappa shape index (κ1) is 26.9. The Bertz CT molecular complexity index is 2220. The molecule has 0 spiro atoms. The van der Waals surface area contributed by atoms with Crippen molar-refractivity contribution in [2.24, 2.45) is 0 Å². The molecular weight excluding hydrogens is 547 g/mol. The van der Waals surface area contributed by atoms with Crippen LogP contribution in [0.15, 0.2) is 133 Å². The van der Waals surface area contributed by atoms with Gasteiger partial charge in [0.05, 0.1) is 8.07 Å². The molecule has 0 aromatic heterocycles. The van der Waals surface area contributed by atoms with Crippen LogP contribution in [0.25, 0.3) is 43.4 Å². The van der Waals surface area contributed by atoms with Crippen LogP contribution in [0.4, 0.5) is 17.1 Å². The number of benzene rings is 7. The molecule has 0 fully saturated rings. The van der Waals surface area contributed by atoms with Gasteiger partial charge in [0, 0.05) is 22.5 Å². The van der Waals surface area contributed by atoms with Crippen LogP contribution >= 0.6 is 0 Å². The van der Waals surface area contributed by atoms with Crippen LogP contribution in [0.2, 0.25) is 19.6 Å². The minimum atomic E-state index is -1.40. The minimum absolute atomic E-state index is 0.138. The summed E-state index contributed by atoms with van der Waals surface area (Å²) in [4.78, 5) is 2.41. The fourth-order valence-corrected chi connectivity index (χ4v) is 8.83. The van der Waals surface area contributed by atoms with Crippen LogP contribution in [0, 0.1) is 0 Å². The summed E-state index contributed by atoms with van der Waals surface area (Å²) in [6, 6.07) is 49.7. The zero-order valence-corrected chi connectivity index (χ0v) is 27.1. The van der Waals surface area contributed by atoms with E-state index in [1.54, 1.807) is 0 Å². The Hall–Kier alpha value is -4.66. The molecule has 7 aromatic rings. The highest BCUT2D eigenvalue weighted by Gasteiger charge is 2.39. The number of hydrogen-bond donors (Lipinski definition) is 0. The van der Waals surface area contributed by atoms with Gasteiger partial charge in [-0.1, -0.05) is 136 Å². The molecule has 8 rings (SSSR count). The van der Waals surface area contributed by atoms with Crippen LogP contribution < -0.4 is 10.1 Å². The first-order valence-corrected chi connectivity index (χ1v) is 19.2. The average molecular weight is 584 g/mol. The quantitative estimate of drug-likeness (QED) is 0.147. The molecule has 0 saturated heterocycles. The lowest BCUT2D eigenvalue weighted by Gasteiger charge is -2.28. The van der Waals surface area contributed by atoms with E-state index in [1.165, 1.54) is 71.1 Å². The number of hydrogen-bond acceptors (Lipinski definition) is 1. The van der Waals surface area contributed by atoms with Crippen LogP contribution in [0.1, 0.15) is 25.0 Å². The zero-order chi connectivity index (χ0) is 30.2. The summed E-state index contributed by atoms with van der Waals surface area (Å²) in [6.45, 7) is 12.1. The molecule has 0 radical (unpaired) electrons. The Balaban J connectivity index is 1.40. The van der Waals surface area contributed by atoms with E-state index in [2.05, 4.69) is 172 Å². The normalized spacial score (nSPS) is 13.8. The third kappa shape index (κ3) is 3.98. The van der Waals surface area contributed by atoms with E-state index in [0.717, 1.165) is 5.69 Å². The molecular formula is C42H37NSi. The predicted molar refractivity (Wildman–Crippen MR) is 194 cm³/mol. The molecule has 0 unspecified atom stereocenters. The van der Waals surface area contributed by atoms with Crippen molar-refractivity contribution in [3.05, 3.63) is 145 Å². The molecule has 2 heteroatoms. The van der Waals surface area contributed by atoms with E-state index in [-0.39, 0.29) is 5.41 Å². The van der Waals surface area contributed by atoms with E-state index in [9.17, 15) is 0 Å². The third-order valence-electron chi connectivity index (χ3n) is 9.72. The molecule has 214 valence electrons. The summed E-state index contributed by atoms with van der Waals surface area (Å²) < 4.78 is 0. The molecule has 7 aromatic carbocycles. The number of para-hydroxylation sites is 1. The molecule has 1 aliphatic carbocycles. The van der Waals surface area contributed by atoms with Crippen molar-refractivity contribution < 1.29 is 0 Å².